The smallest absolute Gasteiger partial charge is 0.122 e. The highest BCUT2D eigenvalue weighted by Gasteiger charge is 2.52. The molecule has 3 rings (SSSR count). The number of aromatic nitrogens is 2. The van der Waals surface area contributed by atoms with Gasteiger partial charge < -0.3 is 9.88 Å². The van der Waals surface area contributed by atoms with Crippen LogP contribution in [0.4, 0.5) is 0 Å². The molecule has 0 aromatic carbocycles. The highest BCUT2D eigenvalue weighted by molar-refractivity contribution is 5.07. The van der Waals surface area contributed by atoms with E-state index in [-0.39, 0.29) is 0 Å². The minimum atomic E-state index is 0.806. The first-order chi connectivity index (χ1) is 6.86. The Morgan fingerprint density at radius 1 is 1.50 bits per heavy atom. The van der Waals surface area contributed by atoms with Gasteiger partial charge in [-0.1, -0.05) is 6.42 Å². The van der Waals surface area contributed by atoms with E-state index >= 15 is 0 Å². The van der Waals surface area contributed by atoms with E-state index in [0.717, 1.165) is 30.2 Å². The molecule has 0 spiro atoms. The molecule has 0 bridgehead atoms. The molecule has 3 heteroatoms. The second-order valence-corrected chi connectivity index (χ2v) is 4.62. The van der Waals surface area contributed by atoms with Gasteiger partial charge >= 0.3 is 0 Å². The van der Waals surface area contributed by atoms with E-state index in [1.54, 1.807) is 0 Å². The lowest BCUT2D eigenvalue weighted by Crippen LogP contribution is -2.21. The van der Waals surface area contributed by atoms with E-state index in [1.165, 1.54) is 19.3 Å². The lowest BCUT2D eigenvalue weighted by Gasteiger charge is -2.06. The summed E-state index contributed by atoms with van der Waals surface area (Å²) in [4.78, 5) is 4.31. The molecular formula is C11H17N3. The normalized spacial score (nSPS) is 34.5. The Hall–Kier alpha value is -0.830. The van der Waals surface area contributed by atoms with Crippen LogP contribution in [0.15, 0.2) is 12.4 Å². The number of imidazole rings is 1. The van der Waals surface area contributed by atoms with Crippen molar-refractivity contribution in [1.29, 1.82) is 0 Å². The fourth-order valence-electron chi connectivity index (χ4n) is 2.90. The predicted octanol–water partition coefficient (Wildman–Crippen LogP) is 1.31. The Bertz CT molecular complexity index is 321. The topological polar surface area (TPSA) is 29.9 Å². The fraction of sp³-hybridized carbons (Fsp3) is 0.727. The summed E-state index contributed by atoms with van der Waals surface area (Å²) in [7, 11) is 2.05. The average molecular weight is 191 g/mol. The first kappa shape index (κ1) is 8.48. The molecule has 0 amide bonds. The van der Waals surface area contributed by atoms with Gasteiger partial charge in [0, 0.05) is 25.5 Å². The number of rotatable bonds is 3. The number of nitrogens with one attached hydrogen (secondary N) is 1. The summed E-state index contributed by atoms with van der Waals surface area (Å²) in [6.07, 6.45) is 8.22. The molecule has 2 saturated carbocycles. The summed E-state index contributed by atoms with van der Waals surface area (Å²) in [5.41, 5.74) is 0. The van der Waals surface area contributed by atoms with Gasteiger partial charge in [0.15, 0.2) is 0 Å². The van der Waals surface area contributed by atoms with E-state index in [9.17, 15) is 0 Å². The van der Waals surface area contributed by atoms with Gasteiger partial charge in [0.2, 0.25) is 0 Å². The lowest BCUT2D eigenvalue weighted by molar-refractivity contribution is 0.543. The molecule has 2 unspecified atom stereocenters. The molecular weight excluding hydrogens is 174 g/mol. The fourth-order valence-corrected chi connectivity index (χ4v) is 2.90. The Morgan fingerprint density at radius 3 is 2.93 bits per heavy atom. The maximum atomic E-state index is 4.31. The van der Waals surface area contributed by atoms with Gasteiger partial charge in [-0.15, -0.1) is 0 Å². The zero-order valence-corrected chi connectivity index (χ0v) is 8.61. The van der Waals surface area contributed by atoms with Gasteiger partial charge in [-0.2, -0.15) is 0 Å². The molecule has 14 heavy (non-hydrogen) atoms. The molecule has 0 radical (unpaired) electrons. The minimum absolute atomic E-state index is 0.806. The predicted molar refractivity (Wildman–Crippen MR) is 54.7 cm³/mol. The molecule has 2 aliphatic carbocycles. The SMILES string of the molecule is Cn1ccnc1CNC1C2CCCC21. The third-order valence-corrected chi connectivity index (χ3v) is 3.82. The van der Waals surface area contributed by atoms with Gasteiger partial charge in [-0.05, 0) is 24.7 Å². The number of aryl methyl sites for hydroxylation is 1. The van der Waals surface area contributed by atoms with Crippen LogP contribution in [-0.2, 0) is 13.6 Å². The lowest BCUT2D eigenvalue weighted by atomic mass is 10.2. The van der Waals surface area contributed by atoms with Crippen molar-refractivity contribution in [1.82, 2.24) is 14.9 Å². The summed E-state index contributed by atoms with van der Waals surface area (Å²) in [6, 6.07) is 0.806. The maximum absolute atomic E-state index is 4.31. The van der Waals surface area contributed by atoms with Crippen LogP contribution in [0.3, 0.4) is 0 Å². The minimum Gasteiger partial charge on any atom is -0.337 e. The van der Waals surface area contributed by atoms with Crippen LogP contribution >= 0.6 is 0 Å². The Labute approximate surface area is 84.5 Å². The highest BCUT2D eigenvalue weighted by atomic mass is 15.1. The molecule has 1 aromatic heterocycles. The molecule has 0 saturated heterocycles. The molecule has 3 nitrogen and oxygen atoms in total. The first-order valence-electron chi connectivity index (χ1n) is 5.56. The molecule has 1 N–H and O–H groups in total. The quantitative estimate of drug-likeness (QED) is 0.780. The van der Waals surface area contributed by atoms with Crippen molar-refractivity contribution in [3.8, 4) is 0 Å². The van der Waals surface area contributed by atoms with Crippen LogP contribution < -0.4 is 5.32 Å². The van der Waals surface area contributed by atoms with Gasteiger partial charge in [0.1, 0.15) is 5.82 Å². The number of nitrogens with zero attached hydrogens (tertiary/aromatic N) is 2. The second kappa shape index (κ2) is 3.09. The van der Waals surface area contributed by atoms with Crippen LogP contribution in [0.1, 0.15) is 25.1 Å². The van der Waals surface area contributed by atoms with Gasteiger partial charge in [0.25, 0.3) is 0 Å². The van der Waals surface area contributed by atoms with Gasteiger partial charge in [-0.25, -0.2) is 4.98 Å². The molecule has 2 atom stereocenters. The Kier molecular flexibility index (Phi) is 1.87. The van der Waals surface area contributed by atoms with Gasteiger partial charge in [0.05, 0.1) is 6.54 Å². The summed E-state index contributed by atoms with van der Waals surface area (Å²) in [5, 5.41) is 3.62. The summed E-state index contributed by atoms with van der Waals surface area (Å²) in [6.45, 7) is 0.932. The van der Waals surface area contributed by atoms with Gasteiger partial charge in [-0.3, -0.25) is 0 Å². The van der Waals surface area contributed by atoms with E-state index < -0.39 is 0 Å². The van der Waals surface area contributed by atoms with Crippen molar-refractivity contribution in [3.05, 3.63) is 18.2 Å². The van der Waals surface area contributed by atoms with Crippen molar-refractivity contribution in [3.63, 3.8) is 0 Å². The Morgan fingerprint density at radius 2 is 2.29 bits per heavy atom. The van der Waals surface area contributed by atoms with E-state index in [2.05, 4.69) is 21.9 Å². The van der Waals surface area contributed by atoms with Crippen LogP contribution in [0.25, 0.3) is 0 Å². The molecule has 0 aliphatic heterocycles. The first-order valence-corrected chi connectivity index (χ1v) is 5.56. The summed E-state index contributed by atoms with van der Waals surface area (Å²) < 4.78 is 2.09. The summed E-state index contributed by atoms with van der Waals surface area (Å²) in [5.74, 6) is 3.14. The maximum Gasteiger partial charge on any atom is 0.122 e. The van der Waals surface area contributed by atoms with Crippen LogP contribution in [0, 0.1) is 11.8 Å². The van der Waals surface area contributed by atoms with Crippen molar-refractivity contribution < 1.29 is 0 Å². The van der Waals surface area contributed by atoms with E-state index in [1.807, 2.05) is 12.4 Å². The van der Waals surface area contributed by atoms with Crippen molar-refractivity contribution in [2.75, 3.05) is 0 Å². The summed E-state index contributed by atoms with van der Waals surface area (Å²) >= 11 is 0. The van der Waals surface area contributed by atoms with Crippen LogP contribution in [0.5, 0.6) is 0 Å². The van der Waals surface area contributed by atoms with Crippen molar-refractivity contribution in [2.45, 2.75) is 31.8 Å². The van der Waals surface area contributed by atoms with Crippen molar-refractivity contribution >= 4 is 0 Å². The standard InChI is InChI=1S/C11H17N3/c1-14-6-5-12-10(14)7-13-11-8-3-2-4-9(8)11/h5-6,8-9,11,13H,2-4,7H2,1H3. The molecule has 76 valence electrons. The Balaban J connectivity index is 1.54. The monoisotopic (exact) mass is 191 g/mol. The van der Waals surface area contributed by atoms with Crippen molar-refractivity contribution in [2.24, 2.45) is 18.9 Å². The number of hydrogen-bond donors (Lipinski definition) is 1. The highest BCUT2D eigenvalue weighted by Crippen LogP contribution is 2.51. The van der Waals surface area contributed by atoms with E-state index in [4.69, 9.17) is 0 Å². The number of fused-ring (bicyclic) bond motifs is 1. The zero-order chi connectivity index (χ0) is 9.54. The largest absolute Gasteiger partial charge is 0.337 e. The van der Waals surface area contributed by atoms with Crippen LogP contribution in [0.2, 0.25) is 0 Å². The molecule has 2 aliphatic rings. The van der Waals surface area contributed by atoms with Crippen LogP contribution in [-0.4, -0.2) is 15.6 Å². The second-order valence-electron chi connectivity index (χ2n) is 4.62. The average Bonchev–Trinajstić information content (AvgIpc) is 2.57. The molecule has 1 heterocycles. The zero-order valence-electron chi connectivity index (χ0n) is 8.61. The number of hydrogen-bond acceptors (Lipinski definition) is 2. The third kappa shape index (κ3) is 1.27. The van der Waals surface area contributed by atoms with E-state index in [0.29, 0.717) is 0 Å². The molecule has 1 aromatic rings. The third-order valence-electron chi connectivity index (χ3n) is 3.82. The molecule has 2 fully saturated rings.